The van der Waals surface area contributed by atoms with Crippen LogP contribution in [0.1, 0.15) is 61.3 Å². The van der Waals surface area contributed by atoms with Gasteiger partial charge in [0.1, 0.15) is 19.8 Å². The van der Waals surface area contributed by atoms with E-state index in [9.17, 15) is 9.59 Å². The first kappa shape index (κ1) is 28.5. The number of esters is 2. The Hall–Kier alpha value is -0.750. The smallest absolute Gasteiger partial charge is 0.311 e. The van der Waals surface area contributed by atoms with Crippen LogP contribution in [0, 0.1) is 10.8 Å². The van der Waals surface area contributed by atoms with Crippen LogP contribution in [0.2, 0.25) is 0 Å². The topological polar surface area (TPSA) is 52.6 Å². The number of quaternary nitrogens is 1. The molecule has 0 amide bonds. The molecule has 0 aromatic heterocycles. The van der Waals surface area contributed by atoms with Crippen molar-refractivity contribution >= 4 is 23.7 Å². The van der Waals surface area contributed by atoms with E-state index in [1.807, 2.05) is 41.5 Å². The third kappa shape index (κ3) is 14.9. The first-order valence-corrected chi connectivity index (χ1v) is 11.1. The Labute approximate surface area is 172 Å². The largest absolute Gasteiger partial charge is 0.464 e. The van der Waals surface area contributed by atoms with Gasteiger partial charge in [-0.2, -0.15) is 11.8 Å². The Morgan fingerprint density at radius 2 is 1.22 bits per heavy atom. The quantitative estimate of drug-likeness (QED) is 0.289. The normalized spacial score (nSPS) is 12.1. The molecule has 0 bridgehead atoms. The summed E-state index contributed by atoms with van der Waals surface area (Å²) in [6, 6.07) is 0. The van der Waals surface area contributed by atoms with Gasteiger partial charge in [-0.1, -0.05) is 20.8 Å². The zero-order chi connectivity index (χ0) is 21.7. The van der Waals surface area contributed by atoms with E-state index in [4.69, 9.17) is 9.47 Å². The minimum absolute atomic E-state index is 0.0771. The molecule has 5 nitrogen and oxygen atoms in total. The third-order valence-electron chi connectivity index (χ3n) is 4.53. The second kappa shape index (κ2) is 13.4. The summed E-state index contributed by atoms with van der Waals surface area (Å²) in [4.78, 5) is 23.0. The minimum Gasteiger partial charge on any atom is -0.464 e. The molecule has 0 saturated carbocycles. The minimum atomic E-state index is -0.342. The van der Waals surface area contributed by atoms with Crippen molar-refractivity contribution in [3.05, 3.63) is 0 Å². The summed E-state index contributed by atoms with van der Waals surface area (Å²) in [7, 11) is 6.25. The van der Waals surface area contributed by atoms with Gasteiger partial charge in [0.05, 0.1) is 32.0 Å². The summed E-state index contributed by atoms with van der Waals surface area (Å²) in [5.74, 6) is 1.82. The second-order valence-corrected chi connectivity index (χ2v) is 10.4. The lowest BCUT2D eigenvalue weighted by atomic mass is 9.91. The van der Waals surface area contributed by atoms with Gasteiger partial charge in [-0.25, -0.2) is 0 Å². The summed E-state index contributed by atoms with van der Waals surface area (Å²) < 4.78 is 11.2. The Kier molecular flexibility index (Phi) is 14.2. The Morgan fingerprint density at radius 3 is 1.56 bits per heavy atom. The SMILES string of the molecule is CCC(C)(C)C(=O)OCC[N+](C)(C)C.CCSCCOC(=O)C(C)(C)CC. The molecule has 0 atom stereocenters. The average Bonchev–Trinajstić information content (AvgIpc) is 2.57. The molecule has 6 heteroatoms. The molecule has 0 aromatic carbocycles. The van der Waals surface area contributed by atoms with Crippen LogP contribution in [0.15, 0.2) is 0 Å². The van der Waals surface area contributed by atoms with Crippen LogP contribution in [0.25, 0.3) is 0 Å². The predicted octanol–water partition coefficient (Wildman–Crippen LogP) is 4.39. The number of hydrogen-bond donors (Lipinski definition) is 0. The number of likely N-dealkylation sites (N-methyl/N-ethyl adjacent to an activating group) is 1. The van der Waals surface area contributed by atoms with Crippen LogP contribution in [0.5, 0.6) is 0 Å². The lowest BCUT2D eigenvalue weighted by molar-refractivity contribution is -0.870. The van der Waals surface area contributed by atoms with Crippen molar-refractivity contribution < 1.29 is 23.5 Å². The van der Waals surface area contributed by atoms with E-state index in [1.165, 1.54) is 0 Å². The van der Waals surface area contributed by atoms with E-state index in [0.717, 1.165) is 35.4 Å². The van der Waals surface area contributed by atoms with Crippen molar-refractivity contribution in [1.29, 1.82) is 0 Å². The van der Waals surface area contributed by atoms with Crippen molar-refractivity contribution in [1.82, 2.24) is 0 Å². The van der Waals surface area contributed by atoms with Crippen molar-refractivity contribution in [2.24, 2.45) is 10.8 Å². The first-order chi connectivity index (χ1) is 12.2. The maximum Gasteiger partial charge on any atom is 0.311 e. The number of carbonyl (C=O) groups excluding carboxylic acids is 2. The standard InChI is InChI=1S/C11H24NO2.C10H20O2S/c1-7-11(2,3)10(13)14-9-8-12(4,5)6;1-5-10(3,4)9(11)12-7-8-13-6-2/h7-9H2,1-6H3;5-8H2,1-4H3/q+1;. The van der Waals surface area contributed by atoms with Crippen LogP contribution >= 0.6 is 11.8 Å². The van der Waals surface area contributed by atoms with Crippen molar-refractivity contribution in [3.8, 4) is 0 Å². The highest BCUT2D eigenvalue weighted by Crippen LogP contribution is 2.22. The zero-order valence-corrected chi connectivity index (χ0v) is 20.3. The van der Waals surface area contributed by atoms with Gasteiger partial charge in [-0.05, 0) is 46.3 Å². The van der Waals surface area contributed by atoms with Crippen LogP contribution in [0.4, 0.5) is 0 Å². The number of rotatable bonds is 11. The lowest BCUT2D eigenvalue weighted by Gasteiger charge is -2.25. The monoisotopic (exact) mass is 406 g/mol. The van der Waals surface area contributed by atoms with Crippen molar-refractivity contribution in [3.63, 3.8) is 0 Å². The number of ether oxygens (including phenoxy) is 2. The molecule has 0 rings (SSSR count). The molecule has 0 aliphatic heterocycles. The fourth-order valence-corrected chi connectivity index (χ4v) is 1.92. The van der Waals surface area contributed by atoms with Crippen LogP contribution < -0.4 is 0 Å². The Balaban J connectivity index is 0. The first-order valence-electron chi connectivity index (χ1n) is 9.96. The number of nitrogens with zero attached hydrogens (tertiary/aromatic N) is 1. The van der Waals surface area contributed by atoms with E-state index in [0.29, 0.717) is 13.2 Å². The number of carbonyl (C=O) groups is 2. The lowest BCUT2D eigenvalue weighted by Crippen LogP contribution is -2.39. The molecule has 162 valence electrons. The van der Waals surface area contributed by atoms with Crippen LogP contribution in [-0.4, -0.2) is 68.8 Å². The molecule has 0 aliphatic carbocycles. The van der Waals surface area contributed by atoms with E-state index in [1.54, 1.807) is 11.8 Å². The van der Waals surface area contributed by atoms with E-state index in [-0.39, 0.29) is 22.8 Å². The van der Waals surface area contributed by atoms with Gasteiger partial charge in [0, 0.05) is 5.75 Å². The summed E-state index contributed by atoms with van der Waals surface area (Å²) in [5, 5.41) is 0. The maximum absolute atomic E-state index is 11.6. The molecule has 0 fully saturated rings. The molecular weight excluding hydrogens is 362 g/mol. The van der Waals surface area contributed by atoms with E-state index < -0.39 is 0 Å². The fraction of sp³-hybridized carbons (Fsp3) is 0.905. The highest BCUT2D eigenvalue weighted by molar-refractivity contribution is 7.99. The summed E-state index contributed by atoms with van der Waals surface area (Å²) >= 11 is 1.79. The van der Waals surface area contributed by atoms with E-state index >= 15 is 0 Å². The molecular formula is C21H44NO4S+. The number of hydrogen-bond acceptors (Lipinski definition) is 5. The van der Waals surface area contributed by atoms with Crippen LogP contribution in [-0.2, 0) is 19.1 Å². The predicted molar refractivity (Wildman–Crippen MR) is 116 cm³/mol. The summed E-state index contributed by atoms with van der Waals surface area (Å²) in [5.41, 5.74) is -0.665. The molecule has 0 aromatic rings. The molecule has 0 saturated heterocycles. The van der Waals surface area contributed by atoms with E-state index in [2.05, 4.69) is 28.1 Å². The second-order valence-electron chi connectivity index (χ2n) is 8.96. The van der Waals surface area contributed by atoms with Gasteiger partial charge in [0.25, 0.3) is 0 Å². The van der Waals surface area contributed by atoms with Gasteiger partial charge in [-0.15, -0.1) is 0 Å². The molecule has 0 radical (unpaired) electrons. The molecule has 0 heterocycles. The Bertz CT molecular complexity index is 428. The Morgan fingerprint density at radius 1 is 0.815 bits per heavy atom. The summed E-state index contributed by atoms with van der Waals surface area (Å²) in [6.45, 7) is 15.7. The highest BCUT2D eigenvalue weighted by Gasteiger charge is 2.27. The fourth-order valence-electron chi connectivity index (χ4n) is 1.43. The van der Waals surface area contributed by atoms with Gasteiger partial charge in [0.2, 0.25) is 0 Å². The van der Waals surface area contributed by atoms with Gasteiger partial charge in [-0.3, -0.25) is 9.59 Å². The molecule has 0 spiro atoms. The molecule has 0 unspecified atom stereocenters. The highest BCUT2D eigenvalue weighted by atomic mass is 32.2. The number of thioether (sulfide) groups is 1. The van der Waals surface area contributed by atoms with Gasteiger partial charge >= 0.3 is 11.9 Å². The zero-order valence-electron chi connectivity index (χ0n) is 19.4. The third-order valence-corrected chi connectivity index (χ3v) is 5.40. The van der Waals surface area contributed by atoms with Crippen molar-refractivity contribution in [2.45, 2.75) is 61.3 Å². The van der Waals surface area contributed by atoms with Crippen molar-refractivity contribution in [2.75, 3.05) is 52.4 Å². The van der Waals surface area contributed by atoms with Gasteiger partial charge in [0.15, 0.2) is 0 Å². The molecule has 0 aliphatic rings. The van der Waals surface area contributed by atoms with Crippen LogP contribution in [0.3, 0.4) is 0 Å². The molecule has 0 N–H and O–H groups in total. The van der Waals surface area contributed by atoms with Gasteiger partial charge < -0.3 is 14.0 Å². The average molecular weight is 407 g/mol. The summed E-state index contributed by atoms with van der Waals surface area (Å²) in [6.07, 6.45) is 1.64. The molecule has 27 heavy (non-hydrogen) atoms. The maximum atomic E-state index is 11.6.